The molecule has 1 fully saturated rings. The molecular formula is C13H20N4O4. The molecule has 0 aliphatic carbocycles. The third-order valence-electron chi connectivity index (χ3n) is 4.35. The molecule has 0 radical (unpaired) electrons. The monoisotopic (exact) mass is 296 g/mol. The zero-order chi connectivity index (χ0) is 15.8. The molecule has 0 amide bonds. The van der Waals surface area contributed by atoms with Gasteiger partial charge in [-0.3, -0.25) is 9.36 Å². The van der Waals surface area contributed by atoms with Crippen LogP contribution in [-0.4, -0.2) is 38.6 Å². The van der Waals surface area contributed by atoms with Crippen LogP contribution in [0.5, 0.6) is 0 Å². The zero-order valence-electron chi connectivity index (χ0n) is 12.4. The van der Waals surface area contributed by atoms with Crippen molar-refractivity contribution in [2.45, 2.75) is 26.7 Å². The van der Waals surface area contributed by atoms with E-state index in [1.165, 1.54) is 6.33 Å². The summed E-state index contributed by atoms with van der Waals surface area (Å²) in [6, 6.07) is 0. The normalized spacial score (nSPS) is 19.6. The van der Waals surface area contributed by atoms with Crippen LogP contribution in [0.3, 0.4) is 0 Å². The minimum absolute atomic E-state index is 0.0572. The second kappa shape index (κ2) is 5.34. The van der Waals surface area contributed by atoms with Crippen molar-refractivity contribution in [2.24, 2.45) is 18.4 Å². The first kappa shape index (κ1) is 15.3. The Bertz CT molecular complexity index is 567. The molecule has 1 N–H and O–H groups in total. The Labute approximate surface area is 122 Å². The maximum atomic E-state index is 11.4. The summed E-state index contributed by atoms with van der Waals surface area (Å²) in [6.07, 6.45) is 3.03. The van der Waals surface area contributed by atoms with Gasteiger partial charge in [0.15, 0.2) is 0 Å². The van der Waals surface area contributed by atoms with E-state index in [1.807, 2.05) is 4.90 Å². The lowest BCUT2D eigenvalue weighted by Gasteiger charge is -2.39. The van der Waals surface area contributed by atoms with E-state index >= 15 is 0 Å². The highest BCUT2D eigenvalue weighted by Crippen LogP contribution is 2.37. The van der Waals surface area contributed by atoms with Gasteiger partial charge in [0, 0.05) is 20.1 Å². The lowest BCUT2D eigenvalue weighted by molar-refractivity contribution is -0.388. The standard InChI is InChI=1S/C13H20N4O4/c1-13(2,12(18)19)9-5-4-6-16(7-9)11-10(17(20)21)14-8-15(11)3/h8-9H,4-7H2,1-3H3,(H,18,19). The molecule has 1 aliphatic rings. The summed E-state index contributed by atoms with van der Waals surface area (Å²) in [5.41, 5.74) is -0.855. The van der Waals surface area contributed by atoms with Crippen molar-refractivity contribution in [3.8, 4) is 0 Å². The lowest BCUT2D eigenvalue weighted by Crippen LogP contribution is -2.45. The molecular weight excluding hydrogens is 276 g/mol. The van der Waals surface area contributed by atoms with Crippen molar-refractivity contribution in [1.29, 1.82) is 0 Å². The summed E-state index contributed by atoms with van der Waals surface area (Å²) in [6.45, 7) is 4.58. The number of carbonyl (C=O) groups is 1. The highest BCUT2D eigenvalue weighted by atomic mass is 16.6. The predicted molar refractivity (Wildman–Crippen MR) is 76.2 cm³/mol. The Morgan fingerprint density at radius 1 is 1.57 bits per heavy atom. The topological polar surface area (TPSA) is 101 Å². The van der Waals surface area contributed by atoms with E-state index in [0.717, 1.165) is 12.8 Å². The number of carboxylic acids is 1. The number of nitro groups is 1. The van der Waals surface area contributed by atoms with Crippen LogP contribution in [0.2, 0.25) is 0 Å². The third kappa shape index (κ3) is 2.70. The van der Waals surface area contributed by atoms with Crippen molar-refractivity contribution < 1.29 is 14.8 Å². The first-order valence-corrected chi connectivity index (χ1v) is 6.89. The lowest BCUT2D eigenvalue weighted by atomic mass is 9.74. The number of aliphatic carboxylic acids is 1. The number of aryl methyl sites for hydroxylation is 1. The van der Waals surface area contributed by atoms with Crippen LogP contribution >= 0.6 is 0 Å². The van der Waals surface area contributed by atoms with Gasteiger partial charge in [0.25, 0.3) is 0 Å². The summed E-state index contributed by atoms with van der Waals surface area (Å²) in [5, 5.41) is 20.4. The molecule has 1 atom stereocenters. The Hall–Kier alpha value is -2.12. The molecule has 116 valence electrons. The van der Waals surface area contributed by atoms with Crippen molar-refractivity contribution in [3.63, 3.8) is 0 Å². The van der Waals surface area contributed by atoms with Gasteiger partial charge < -0.3 is 20.1 Å². The number of carboxylic acid groups (broad SMARTS) is 1. The minimum atomic E-state index is -0.855. The van der Waals surface area contributed by atoms with E-state index in [9.17, 15) is 20.0 Å². The van der Waals surface area contributed by atoms with Gasteiger partial charge in [-0.1, -0.05) is 0 Å². The fraction of sp³-hybridized carbons (Fsp3) is 0.692. The number of piperidine rings is 1. The molecule has 0 bridgehead atoms. The molecule has 0 aromatic carbocycles. The second-order valence-corrected chi connectivity index (χ2v) is 6.07. The number of hydrogen-bond acceptors (Lipinski definition) is 5. The number of hydrogen-bond donors (Lipinski definition) is 1. The average Bonchev–Trinajstić information content (AvgIpc) is 2.80. The molecule has 2 heterocycles. The van der Waals surface area contributed by atoms with E-state index in [0.29, 0.717) is 18.9 Å². The van der Waals surface area contributed by atoms with E-state index < -0.39 is 16.3 Å². The summed E-state index contributed by atoms with van der Waals surface area (Å²) < 4.78 is 1.62. The van der Waals surface area contributed by atoms with Gasteiger partial charge in [-0.05, 0) is 42.5 Å². The highest BCUT2D eigenvalue weighted by molar-refractivity contribution is 5.74. The Balaban J connectivity index is 2.28. The number of nitrogens with zero attached hydrogens (tertiary/aromatic N) is 4. The molecule has 1 aromatic rings. The Morgan fingerprint density at radius 2 is 2.24 bits per heavy atom. The van der Waals surface area contributed by atoms with Crippen molar-refractivity contribution in [2.75, 3.05) is 18.0 Å². The molecule has 8 heteroatoms. The maximum Gasteiger partial charge on any atom is 0.406 e. The van der Waals surface area contributed by atoms with Crippen LogP contribution in [0, 0.1) is 21.4 Å². The minimum Gasteiger partial charge on any atom is -0.481 e. The van der Waals surface area contributed by atoms with Gasteiger partial charge in [0.1, 0.15) is 0 Å². The van der Waals surface area contributed by atoms with E-state index in [1.54, 1.807) is 25.5 Å². The van der Waals surface area contributed by atoms with Gasteiger partial charge in [-0.15, -0.1) is 0 Å². The largest absolute Gasteiger partial charge is 0.481 e. The van der Waals surface area contributed by atoms with Gasteiger partial charge >= 0.3 is 11.8 Å². The van der Waals surface area contributed by atoms with E-state index in [-0.39, 0.29) is 11.7 Å². The van der Waals surface area contributed by atoms with Gasteiger partial charge in [-0.2, -0.15) is 0 Å². The van der Waals surface area contributed by atoms with Crippen LogP contribution in [0.4, 0.5) is 11.6 Å². The fourth-order valence-corrected chi connectivity index (χ4v) is 2.84. The van der Waals surface area contributed by atoms with E-state index in [4.69, 9.17) is 0 Å². The van der Waals surface area contributed by atoms with Crippen LogP contribution in [0.25, 0.3) is 0 Å². The molecule has 1 aromatic heterocycles. The van der Waals surface area contributed by atoms with Crippen LogP contribution in [0.1, 0.15) is 26.7 Å². The average molecular weight is 296 g/mol. The zero-order valence-corrected chi connectivity index (χ0v) is 12.4. The van der Waals surface area contributed by atoms with Crippen LogP contribution in [0.15, 0.2) is 6.33 Å². The first-order chi connectivity index (χ1) is 9.75. The first-order valence-electron chi connectivity index (χ1n) is 6.89. The number of aromatic nitrogens is 2. The molecule has 1 unspecified atom stereocenters. The smallest absolute Gasteiger partial charge is 0.406 e. The quantitative estimate of drug-likeness (QED) is 0.669. The molecule has 2 rings (SSSR count). The number of anilines is 1. The SMILES string of the molecule is Cn1cnc([N+](=O)[O-])c1N1CCCC(C(C)(C)C(=O)O)C1. The fourth-order valence-electron chi connectivity index (χ4n) is 2.84. The Kier molecular flexibility index (Phi) is 3.89. The second-order valence-electron chi connectivity index (χ2n) is 6.07. The molecule has 1 saturated heterocycles. The predicted octanol–water partition coefficient (Wildman–Crippen LogP) is 1.66. The van der Waals surface area contributed by atoms with Gasteiger partial charge in [0.2, 0.25) is 12.1 Å². The Morgan fingerprint density at radius 3 is 2.81 bits per heavy atom. The van der Waals surface area contributed by atoms with Crippen molar-refractivity contribution in [1.82, 2.24) is 9.55 Å². The molecule has 0 spiro atoms. The summed E-state index contributed by atoms with van der Waals surface area (Å²) in [4.78, 5) is 27.7. The molecule has 8 nitrogen and oxygen atoms in total. The molecule has 0 saturated carbocycles. The summed E-state index contributed by atoms with van der Waals surface area (Å²) in [5.74, 6) is -0.621. The summed E-state index contributed by atoms with van der Waals surface area (Å²) >= 11 is 0. The molecule has 1 aliphatic heterocycles. The van der Waals surface area contributed by atoms with Gasteiger partial charge in [0.05, 0.1) is 5.41 Å². The van der Waals surface area contributed by atoms with E-state index in [2.05, 4.69) is 4.98 Å². The summed E-state index contributed by atoms with van der Waals surface area (Å²) in [7, 11) is 1.71. The number of imidazole rings is 1. The maximum absolute atomic E-state index is 11.4. The van der Waals surface area contributed by atoms with Crippen molar-refractivity contribution >= 4 is 17.6 Å². The van der Waals surface area contributed by atoms with Crippen LogP contribution in [-0.2, 0) is 11.8 Å². The third-order valence-corrected chi connectivity index (χ3v) is 4.35. The highest BCUT2D eigenvalue weighted by Gasteiger charge is 2.40. The van der Waals surface area contributed by atoms with Gasteiger partial charge in [-0.25, -0.2) is 0 Å². The van der Waals surface area contributed by atoms with Crippen molar-refractivity contribution in [3.05, 3.63) is 16.4 Å². The van der Waals surface area contributed by atoms with Crippen LogP contribution < -0.4 is 4.90 Å². The molecule has 21 heavy (non-hydrogen) atoms. The number of rotatable bonds is 4.